The quantitative estimate of drug-likeness (QED) is 0.701. The van der Waals surface area contributed by atoms with Gasteiger partial charge in [-0.2, -0.15) is 0 Å². The molecule has 20 heavy (non-hydrogen) atoms. The topological polar surface area (TPSA) is 38.5 Å². The molecule has 0 amide bonds. The van der Waals surface area contributed by atoms with Gasteiger partial charge in [-0.25, -0.2) is 0 Å². The Hall–Kier alpha value is -0.420. The van der Waals surface area contributed by atoms with Crippen LogP contribution in [0.1, 0.15) is 26.3 Å². The lowest BCUT2D eigenvalue weighted by Gasteiger charge is -2.40. The Morgan fingerprint density at radius 1 is 1.25 bits per heavy atom. The number of hydrogen-bond donors (Lipinski definition) is 1. The molecule has 114 valence electrons. The van der Waals surface area contributed by atoms with Crippen LogP contribution in [0.2, 0.25) is 0 Å². The minimum atomic E-state index is -0.0281. The van der Waals surface area contributed by atoms with Crippen LogP contribution in [0.5, 0.6) is 0 Å². The van der Waals surface area contributed by atoms with Crippen molar-refractivity contribution >= 4 is 15.9 Å². The van der Waals surface area contributed by atoms with E-state index in [-0.39, 0.29) is 5.54 Å². The number of rotatable bonds is 9. The average Bonchev–Trinajstić information content (AvgIpc) is 2.46. The number of nitrogens with two attached hydrogens (primary N) is 1. The molecular formula is C16H27BrN2O. The summed E-state index contributed by atoms with van der Waals surface area (Å²) in [4.78, 5) is 2.42. The van der Waals surface area contributed by atoms with Crippen molar-refractivity contribution in [2.45, 2.75) is 32.7 Å². The Labute approximate surface area is 131 Å². The SMILES string of the molecule is CCOCCN(CC)C(C)(CN)Cc1ccc(Br)cc1. The molecule has 1 atom stereocenters. The summed E-state index contributed by atoms with van der Waals surface area (Å²) in [6, 6.07) is 8.49. The van der Waals surface area contributed by atoms with Gasteiger partial charge in [-0.1, -0.05) is 35.0 Å². The summed E-state index contributed by atoms with van der Waals surface area (Å²) in [6.07, 6.45) is 0.955. The Morgan fingerprint density at radius 2 is 1.90 bits per heavy atom. The van der Waals surface area contributed by atoms with E-state index in [1.54, 1.807) is 0 Å². The van der Waals surface area contributed by atoms with Crippen LogP contribution in [0, 0.1) is 0 Å². The first-order valence-electron chi connectivity index (χ1n) is 7.33. The fourth-order valence-corrected chi connectivity index (χ4v) is 2.75. The van der Waals surface area contributed by atoms with Crippen molar-refractivity contribution in [1.29, 1.82) is 0 Å². The molecule has 4 heteroatoms. The van der Waals surface area contributed by atoms with Crippen molar-refractivity contribution in [3.63, 3.8) is 0 Å². The van der Waals surface area contributed by atoms with Gasteiger partial charge in [0.2, 0.25) is 0 Å². The van der Waals surface area contributed by atoms with Gasteiger partial charge in [-0.15, -0.1) is 0 Å². The van der Waals surface area contributed by atoms with E-state index in [4.69, 9.17) is 10.5 Å². The highest BCUT2D eigenvalue weighted by Crippen LogP contribution is 2.21. The van der Waals surface area contributed by atoms with Crippen molar-refractivity contribution in [3.05, 3.63) is 34.3 Å². The molecular weight excluding hydrogens is 316 g/mol. The lowest BCUT2D eigenvalue weighted by atomic mass is 9.90. The minimum absolute atomic E-state index is 0.0281. The second kappa shape index (κ2) is 8.78. The number of benzene rings is 1. The molecule has 3 nitrogen and oxygen atoms in total. The Bertz CT molecular complexity index is 383. The zero-order valence-electron chi connectivity index (χ0n) is 12.9. The number of likely N-dealkylation sites (N-methyl/N-ethyl adjacent to an activating group) is 1. The predicted molar refractivity (Wildman–Crippen MR) is 89.0 cm³/mol. The molecule has 0 saturated heterocycles. The van der Waals surface area contributed by atoms with Crippen molar-refractivity contribution in [1.82, 2.24) is 4.90 Å². The smallest absolute Gasteiger partial charge is 0.0593 e. The van der Waals surface area contributed by atoms with Crippen LogP contribution in [-0.2, 0) is 11.2 Å². The maximum absolute atomic E-state index is 6.07. The van der Waals surface area contributed by atoms with Gasteiger partial charge in [0.1, 0.15) is 0 Å². The van der Waals surface area contributed by atoms with Crippen LogP contribution in [0.25, 0.3) is 0 Å². The van der Waals surface area contributed by atoms with Crippen LogP contribution >= 0.6 is 15.9 Å². The fraction of sp³-hybridized carbons (Fsp3) is 0.625. The van der Waals surface area contributed by atoms with E-state index in [1.807, 2.05) is 6.92 Å². The predicted octanol–water partition coefficient (Wildman–Crippen LogP) is 3.07. The van der Waals surface area contributed by atoms with Gasteiger partial charge in [-0.3, -0.25) is 4.90 Å². The molecule has 0 radical (unpaired) electrons. The highest BCUT2D eigenvalue weighted by atomic mass is 79.9. The van der Waals surface area contributed by atoms with Crippen molar-refractivity contribution in [2.75, 3.05) is 32.8 Å². The summed E-state index contributed by atoms with van der Waals surface area (Å²) in [5, 5.41) is 0. The summed E-state index contributed by atoms with van der Waals surface area (Å²) in [5.74, 6) is 0. The Balaban J connectivity index is 2.74. The average molecular weight is 343 g/mol. The maximum atomic E-state index is 6.07. The van der Waals surface area contributed by atoms with Crippen LogP contribution in [0.4, 0.5) is 0 Å². The summed E-state index contributed by atoms with van der Waals surface area (Å²) in [6.45, 7) is 10.5. The van der Waals surface area contributed by atoms with Crippen LogP contribution < -0.4 is 5.73 Å². The lowest BCUT2D eigenvalue weighted by molar-refractivity contribution is 0.0609. The molecule has 0 fully saturated rings. The largest absolute Gasteiger partial charge is 0.380 e. The van der Waals surface area contributed by atoms with E-state index >= 15 is 0 Å². The third-order valence-corrected chi connectivity index (χ3v) is 4.32. The third kappa shape index (κ3) is 5.17. The van der Waals surface area contributed by atoms with Gasteiger partial charge < -0.3 is 10.5 Å². The number of nitrogens with zero attached hydrogens (tertiary/aromatic N) is 1. The first-order valence-corrected chi connectivity index (χ1v) is 8.12. The molecule has 2 N–H and O–H groups in total. The molecule has 0 heterocycles. The molecule has 1 rings (SSSR count). The lowest BCUT2D eigenvalue weighted by Crippen LogP contribution is -2.54. The van der Waals surface area contributed by atoms with E-state index in [0.29, 0.717) is 6.54 Å². The molecule has 1 aromatic rings. The first-order chi connectivity index (χ1) is 9.55. The van der Waals surface area contributed by atoms with Gasteiger partial charge in [0.25, 0.3) is 0 Å². The molecule has 0 saturated carbocycles. The highest BCUT2D eigenvalue weighted by Gasteiger charge is 2.29. The summed E-state index contributed by atoms with van der Waals surface area (Å²) in [5.41, 5.74) is 7.36. The van der Waals surface area contributed by atoms with E-state index < -0.39 is 0 Å². The second-order valence-corrected chi connectivity index (χ2v) is 6.20. The molecule has 0 aliphatic rings. The molecule has 0 aromatic heterocycles. The van der Waals surface area contributed by atoms with Gasteiger partial charge in [-0.05, 0) is 44.5 Å². The van der Waals surface area contributed by atoms with Gasteiger partial charge in [0.05, 0.1) is 6.61 Å². The van der Waals surface area contributed by atoms with E-state index in [2.05, 4.69) is 58.9 Å². The van der Waals surface area contributed by atoms with Crippen LogP contribution in [0.15, 0.2) is 28.7 Å². The number of ether oxygens (including phenoxy) is 1. The van der Waals surface area contributed by atoms with Crippen molar-refractivity contribution in [2.24, 2.45) is 5.73 Å². The summed E-state index contributed by atoms with van der Waals surface area (Å²) >= 11 is 3.48. The van der Waals surface area contributed by atoms with Crippen molar-refractivity contribution in [3.8, 4) is 0 Å². The second-order valence-electron chi connectivity index (χ2n) is 5.28. The first kappa shape index (κ1) is 17.6. The summed E-state index contributed by atoms with van der Waals surface area (Å²) in [7, 11) is 0. The zero-order chi connectivity index (χ0) is 15.0. The third-order valence-electron chi connectivity index (χ3n) is 3.79. The van der Waals surface area contributed by atoms with Crippen LogP contribution in [0.3, 0.4) is 0 Å². The number of hydrogen-bond acceptors (Lipinski definition) is 3. The molecule has 0 aliphatic heterocycles. The molecule has 0 spiro atoms. The van der Waals surface area contributed by atoms with Gasteiger partial charge in [0, 0.05) is 29.7 Å². The molecule has 1 unspecified atom stereocenters. The molecule has 1 aromatic carbocycles. The highest BCUT2D eigenvalue weighted by molar-refractivity contribution is 9.10. The van der Waals surface area contributed by atoms with Gasteiger partial charge >= 0.3 is 0 Å². The molecule has 0 bridgehead atoms. The maximum Gasteiger partial charge on any atom is 0.0593 e. The van der Waals surface area contributed by atoms with Crippen molar-refractivity contribution < 1.29 is 4.74 Å². The fourth-order valence-electron chi connectivity index (χ4n) is 2.48. The Kier molecular flexibility index (Phi) is 7.74. The van der Waals surface area contributed by atoms with Gasteiger partial charge in [0.15, 0.2) is 0 Å². The van der Waals surface area contributed by atoms with Crippen LogP contribution in [-0.4, -0.2) is 43.3 Å². The van der Waals surface area contributed by atoms with E-state index in [0.717, 1.165) is 37.2 Å². The normalized spacial score (nSPS) is 14.5. The minimum Gasteiger partial charge on any atom is -0.380 e. The standard InChI is InChI=1S/C16H27BrN2O/c1-4-19(10-11-20-5-2)16(3,13-18)12-14-6-8-15(17)9-7-14/h6-9H,4-5,10-13,18H2,1-3H3. The monoisotopic (exact) mass is 342 g/mol. The number of halogens is 1. The Morgan fingerprint density at radius 3 is 2.40 bits per heavy atom. The molecule has 0 aliphatic carbocycles. The van der Waals surface area contributed by atoms with E-state index in [9.17, 15) is 0 Å². The summed E-state index contributed by atoms with van der Waals surface area (Å²) < 4.78 is 6.59. The van der Waals surface area contributed by atoms with E-state index in [1.165, 1.54) is 5.56 Å². The zero-order valence-corrected chi connectivity index (χ0v) is 14.4.